The molecule has 0 aromatic carbocycles. The summed E-state index contributed by atoms with van der Waals surface area (Å²) >= 11 is 7.22. The Balaban J connectivity index is 1.91. The molecule has 124 valence electrons. The molecule has 22 heavy (non-hydrogen) atoms. The molecule has 1 N–H and O–H groups in total. The summed E-state index contributed by atoms with van der Waals surface area (Å²) in [6, 6.07) is 4.25. The average molecular weight is 406 g/mol. The zero-order valence-electron chi connectivity index (χ0n) is 13.4. The number of nitrogens with one attached hydrogen (secondary N) is 1. The Kier molecular flexibility index (Phi) is 7.05. The van der Waals surface area contributed by atoms with E-state index >= 15 is 0 Å². The number of aliphatic imine (C=N–C) groups is 1. The van der Waals surface area contributed by atoms with Crippen LogP contribution in [0.25, 0.3) is 0 Å². The highest BCUT2D eigenvalue weighted by atomic mass is 79.9. The molecule has 0 amide bonds. The summed E-state index contributed by atoms with van der Waals surface area (Å²) in [6.45, 7) is 3.52. The Morgan fingerprint density at radius 1 is 1.50 bits per heavy atom. The van der Waals surface area contributed by atoms with Gasteiger partial charge in [0.2, 0.25) is 0 Å². The summed E-state index contributed by atoms with van der Waals surface area (Å²) in [4.78, 5) is 7.92. The zero-order valence-corrected chi connectivity index (χ0v) is 16.6. The molecule has 0 bridgehead atoms. The van der Waals surface area contributed by atoms with E-state index in [9.17, 15) is 0 Å². The van der Waals surface area contributed by atoms with E-state index < -0.39 is 0 Å². The maximum absolute atomic E-state index is 5.50. The molecule has 0 unspecified atom stereocenters. The Morgan fingerprint density at radius 3 is 2.77 bits per heavy atom. The number of hydrogen-bond donors (Lipinski definition) is 1. The second-order valence-corrected chi connectivity index (χ2v) is 9.28. The highest BCUT2D eigenvalue weighted by Crippen LogP contribution is 2.33. The zero-order chi connectivity index (χ0) is 16.0. The SMILES string of the molecule is CN=C(NCC1(SC)CCOCC1)N(C)Cc1ccc(Br)s1. The van der Waals surface area contributed by atoms with Gasteiger partial charge in [-0.25, -0.2) is 0 Å². The van der Waals surface area contributed by atoms with Crippen LogP contribution in [0.5, 0.6) is 0 Å². The predicted molar refractivity (Wildman–Crippen MR) is 101 cm³/mol. The van der Waals surface area contributed by atoms with Crippen molar-refractivity contribution in [1.82, 2.24) is 10.2 Å². The molecule has 0 spiro atoms. The Bertz CT molecular complexity index is 501. The van der Waals surface area contributed by atoms with Crippen molar-refractivity contribution in [2.75, 3.05) is 40.1 Å². The number of ether oxygens (including phenoxy) is 1. The molecular formula is C15H24BrN3OS2. The molecule has 1 aliphatic rings. The molecule has 1 aromatic rings. The van der Waals surface area contributed by atoms with Gasteiger partial charge in [-0.2, -0.15) is 11.8 Å². The lowest BCUT2D eigenvalue weighted by molar-refractivity contribution is 0.0781. The van der Waals surface area contributed by atoms with E-state index in [1.807, 2.05) is 18.8 Å². The second kappa shape index (κ2) is 8.57. The molecule has 1 aromatic heterocycles. The van der Waals surface area contributed by atoms with Gasteiger partial charge < -0.3 is 15.0 Å². The molecular weight excluding hydrogens is 382 g/mol. The Morgan fingerprint density at radius 2 is 2.23 bits per heavy atom. The third kappa shape index (κ3) is 4.88. The van der Waals surface area contributed by atoms with Gasteiger partial charge in [0.1, 0.15) is 0 Å². The van der Waals surface area contributed by atoms with Crippen molar-refractivity contribution in [1.29, 1.82) is 0 Å². The summed E-state index contributed by atoms with van der Waals surface area (Å²) in [7, 11) is 3.93. The number of nitrogens with zero attached hydrogens (tertiary/aromatic N) is 2. The Hall–Kier alpha value is -0.240. The maximum atomic E-state index is 5.50. The van der Waals surface area contributed by atoms with Crippen molar-refractivity contribution >= 4 is 45.0 Å². The molecule has 2 heterocycles. The molecule has 0 aliphatic carbocycles. The molecule has 2 rings (SSSR count). The lowest BCUT2D eigenvalue weighted by Gasteiger charge is -2.36. The van der Waals surface area contributed by atoms with Crippen LogP contribution in [0.15, 0.2) is 20.9 Å². The van der Waals surface area contributed by atoms with Gasteiger partial charge in [0.25, 0.3) is 0 Å². The second-order valence-electron chi connectivity index (χ2n) is 5.46. The first-order valence-corrected chi connectivity index (χ1v) is 10.2. The first-order valence-electron chi connectivity index (χ1n) is 7.37. The molecule has 1 fully saturated rings. The topological polar surface area (TPSA) is 36.9 Å². The fourth-order valence-electron chi connectivity index (χ4n) is 2.57. The van der Waals surface area contributed by atoms with E-state index in [4.69, 9.17) is 4.74 Å². The van der Waals surface area contributed by atoms with Gasteiger partial charge in [-0.15, -0.1) is 11.3 Å². The molecule has 1 aliphatic heterocycles. The largest absolute Gasteiger partial charge is 0.381 e. The van der Waals surface area contributed by atoms with Gasteiger partial charge >= 0.3 is 0 Å². The van der Waals surface area contributed by atoms with E-state index in [-0.39, 0.29) is 4.75 Å². The normalized spacial score (nSPS) is 18.3. The fraction of sp³-hybridized carbons (Fsp3) is 0.667. The number of guanidine groups is 1. The van der Waals surface area contributed by atoms with Gasteiger partial charge in [0.05, 0.1) is 10.3 Å². The van der Waals surface area contributed by atoms with Crippen molar-refractivity contribution in [2.24, 2.45) is 4.99 Å². The number of halogens is 1. The monoisotopic (exact) mass is 405 g/mol. The third-order valence-electron chi connectivity index (χ3n) is 4.00. The van der Waals surface area contributed by atoms with Gasteiger partial charge in [0, 0.05) is 43.5 Å². The predicted octanol–water partition coefficient (Wildman–Crippen LogP) is 3.43. The van der Waals surface area contributed by atoms with Crippen LogP contribution in [0.2, 0.25) is 0 Å². The van der Waals surface area contributed by atoms with Crippen molar-refractivity contribution in [3.8, 4) is 0 Å². The van der Waals surface area contributed by atoms with Crippen molar-refractivity contribution < 1.29 is 4.74 Å². The molecule has 7 heteroatoms. The number of thiophene rings is 1. The van der Waals surface area contributed by atoms with Crippen LogP contribution in [-0.4, -0.2) is 55.7 Å². The molecule has 1 saturated heterocycles. The first-order chi connectivity index (χ1) is 10.6. The van der Waals surface area contributed by atoms with Gasteiger partial charge in [0.15, 0.2) is 5.96 Å². The van der Waals surface area contributed by atoms with E-state index in [2.05, 4.69) is 56.6 Å². The van der Waals surface area contributed by atoms with E-state index in [1.165, 1.54) is 8.66 Å². The van der Waals surface area contributed by atoms with E-state index in [0.717, 1.165) is 45.1 Å². The van der Waals surface area contributed by atoms with E-state index in [0.29, 0.717) is 0 Å². The molecule has 0 radical (unpaired) electrons. The van der Waals surface area contributed by atoms with Crippen LogP contribution < -0.4 is 5.32 Å². The van der Waals surface area contributed by atoms with Gasteiger partial charge in [-0.05, 0) is 47.2 Å². The van der Waals surface area contributed by atoms with Crippen molar-refractivity contribution in [2.45, 2.75) is 24.1 Å². The molecule has 4 nitrogen and oxygen atoms in total. The minimum atomic E-state index is 0.265. The third-order valence-corrected chi connectivity index (χ3v) is 7.03. The summed E-state index contributed by atoms with van der Waals surface area (Å²) < 4.78 is 6.94. The average Bonchev–Trinajstić information content (AvgIpc) is 2.94. The van der Waals surface area contributed by atoms with Gasteiger partial charge in [-0.3, -0.25) is 4.99 Å². The van der Waals surface area contributed by atoms with Crippen molar-refractivity contribution in [3.63, 3.8) is 0 Å². The maximum Gasteiger partial charge on any atom is 0.193 e. The summed E-state index contributed by atoms with van der Waals surface area (Å²) in [5, 5.41) is 3.55. The highest BCUT2D eigenvalue weighted by Gasteiger charge is 2.32. The first kappa shape index (κ1) is 18.1. The number of thioether (sulfide) groups is 1. The van der Waals surface area contributed by atoms with Crippen LogP contribution in [0, 0.1) is 0 Å². The highest BCUT2D eigenvalue weighted by molar-refractivity contribution is 9.11. The Labute approximate surface area is 149 Å². The summed E-state index contributed by atoms with van der Waals surface area (Å²) in [5.41, 5.74) is 0. The van der Waals surface area contributed by atoms with Gasteiger partial charge in [-0.1, -0.05) is 0 Å². The van der Waals surface area contributed by atoms with Crippen LogP contribution in [0.4, 0.5) is 0 Å². The van der Waals surface area contributed by atoms with Crippen LogP contribution in [0.1, 0.15) is 17.7 Å². The fourth-order valence-corrected chi connectivity index (χ4v) is 4.89. The minimum Gasteiger partial charge on any atom is -0.381 e. The standard InChI is InChI=1S/C15H24BrN3OS2/c1-17-14(19(2)10-12-4-5-13(16)22-12)18-11-15(21-3)6-8-20-9-7-15/h4-5H,6-11H2,1-3H3,(H,17,18). The lowest BCUT2D eigenvalue weighted by Crippen LogP contribution is -2.48. The lowest BCUT2D eigenvalue weighted by atomic mass is 9.99. The number of hydrogen-bond acceptors (Lipinski definition) is 4. The molecule has 0 atom stereocenters. The summed E-state index contributed by atoms with van der Waals surface area (Å²) in [6.07, 6.45) is 4.39. The van der Waals surface area contributed by atoms with Crippen LogP contribution in [-0.2, 0) is 11.3 Å². The quantitative estimate of drug-likeness (QED) is 0.601. The molecule has 0 saturated carbocycles. The van der Waals surface area contributed by atoms with Crippen molar-refractivity contribution in [3.05, 3.63) is 20.8 Å². The minimum absolute atomic E-state index is 0.265. The van der Waals surface area contributed by atoms with Crippen LogP contribution >= 0.6 is 39.0 Å². The summed E-state index contributed by atoms with van der Waals surface area (Å²) in [5.74, 6) is 0.949. The van der Waals surface area contributed by atoms with E-state index in [1.54, 1.807) is 11.3 Å². The van der Waals surface area contributed by atoms with Crippen LogP contribution in [0.3, 0.4) is 0 Å². The number of rotatable bonds is 5. The smallest absolute Gasteiger partial charge is 0.193 e.